The zero-order chi connectivity index (χ0) is 20.7. The van der Waals surface area contributed by atoms with Crippen molar-refractivity contribution in [3.05, 3.63) is 58.9 Å². The first-order valence-electron chi connectivity index (χ1n) is 11.4. The van der Waals surface area contributed by atoms with Crippen molar-refractivity contribution < 1.29 is 4.79 Å². The Morgan fingerprint density at radius 1 is 1.13 bits per heavy atom. The second-order valence-electron chi connectivity index (χ2n) is 8.85. The fourth-order valence-corrected chi connectivity index (χ4v) is 4.84. The van der Waals surface area contributed by atoms with Crippen molar-refractivity contribution in [2.45, 2.75) is 70.9 Å². The molecule has 0 N–H and O–H groups in total. The van der Waals surface area contributed by atoms with Crippen LogP contribution in [-0.2, 0) is 6.54 Å². The van der Waals surface area contributed by atoms with E-state index in [2.05, 4.69) is 30.0 Å². The highest BCUT2D eigenvalue weighted by Gasteiger charge is 2.32. The summed E-state index contributed by atoms with van der Waals surface area (Å²) in [5.74, 6) is 0.655. The summed E-state index contributed by atoms with van der Waals surface area (Å²) in [7, 11) is 0. The molecule has 2 aliphatic rings. The number of amides is 1. The first-order valence-corrected chi connectivity index (χ1v) is 11.4. The van der Waals surface area contributed by atoms with E-state index in [0.29, 0.717) is 18.5 Å². The van der Waals surface area contributed by atoms with Crippen molar-refractivity contribution in [2.75, 3.05) is 6.54 Å². The Kier molecular flexibility index (Phi) is 5.05. The Morgan fingerprint density at radius 2 is 1.93 bits per heavy atom. The van der Waals surface area contributed by atoms with Crippen molar-refractivity contribution in [3.63, 3.8) is 0 Å². The molecule has 1 amide bonds. The fraction of sp³-hybridized carbons (Fsp3) is 0.480. The molecular formula is C25H30N4O. The summed E-state index contributed by atoms with van der Waals surface area (Å²) in [5, 5.41) is 5.75. The van der Waals surface area contributed by atoms with E-state index in [0.717, 1.165) is 53.8 Å². The van der Waals surface area contributed by atoms with Crippen molar-refractivity contribution in [2.24, 2.45) is 0 Å². The van der Waals surface area contributed by atoms with Crippen LogP contribution in [0.1, 0.15) is 78.7 Å². The predicted octanol–water partition coefficient (Wildman–Crippen LogP) is 5.07. The average Bonchev–Trinajstić information content (AvgIpc) is 3.59. The number of hydrogen-bond acceptors (Lipinski definition) is 3. The summed E-state index contributed by atoms with van der Waals surface area (Å²) >= 11 is 0. The second-order valence-corrected chi connectivity index (χ2v) is 8.85. The number of nitrogens with zero attached hydrogens (tertiary/aromatic N) is 4. The van der Waals surface area contributed by atoms with Crippen LogP contribution in [0.25, 0.3) is 11.0 Å². The minimum Gasteiger partial charge on any atom is -0.336 e. The molecule has 3 aromatic rings. The Hall–Kier alpha value is -2.69. The van der Waals surface area contributed by atoms with Crippen LogP contribution in [0.3, 0.4) is 0 Å². The maximum Gasteiger partial charge on any atom is 0.254 e. The molecule has 5 nitrogen and oxygen atoms in total. The minimum atomic E-state index is 0.165. The summed E-state index contributed by atoms with van der Waals surface area (Å²) in [4.78, 5) is 20.9. The first-order chi connectivity index (χ1) is 14.7. The first kappa shape index (κ1) is 19.3. The zero-order valence-corrected chi connectivity index (χ0v) is 18.0. The van der Waals surface area contributed by atoms with Gasteiger partial charge in [-0.2, -0.15) is 5.10 Å². The van der Waals surface area contributed by atoms with Gasteiger partial charge in [0.15, 0.2) is 5.65 Å². The smallest absolute Gasteiger partial charge is 0.254 e. The maximum atomic E-state index is 13.8. The van der Waals surface area contributed by atoms with Crippen LogP contribution >= 0.6 is 0 Å². The van der Waals surface area contributed by atoms with Crippen LogP contribution in [0.15, 0.2) is 36.4 Å². The Labute approximate surface area is 178 Å². The molecule has 2 fully saturated rings. The van der Waals surface area contributed by atoms with E-state index in [1.807, 2.05) is 29.8 Å². The lowest BCUT2D eigenvalue weighted by Crippen LogP contribution is -2.43. The lowest BCUT2D eigenvalue weighted by molar-refractivity contribution is 0.0610. The molecule has 5 rings (SSSR count). The third kappa shape index (κ3) is 3.51. The largest absolute Gasteiger partial charge is 0.336 e. The molecular weight excluding hydrogens is 372 g/mol. The van der Waals surface area contributed by atoms with Gasteiger partial charge in [-0.3, -0.25) is 4.79 Å². The SMILES string of the molecule is CC[C@@H]1CCCCN1C(=O)c1cc(C2CC2)nc2c1c(C)nn2Cc1ccccc1. The van der Waals surface area contributed by atoms with Crippen LogP contribution in [-0.4, -0.2) is 38.2 Å². The number of carbonyl (C=O) groups excluding carboxylic acids is 1. The average molecular weight is 403 g/mol. The van der Waals surface area contributed by atoms with Gasteiger partial charge in [-0.15, -0.1) is 0 Å². The number of hydrogen-bond donors (Lipinski definition) is 0. The number of pyridine rings is 1. The van der Waals surface area contributed by atoms with Crippen LogP contribution in [0.5, 0.6) is 0 Å². The van der Waals surface area contributed by atoms with Gasteiger partial charge in [-0.25, -0.2) is 9.67 Å². The van der Waals surface area contributed by atoms with Crippen molar-refractivity contribution in [1.82, 2.24) is 19.7 Å². The maximum absolute atomic E-state index is 13.8. The van der Waals surface area contributed by atoms with Crippen LogP contribution in [0, 0.1) is 6.92 Å². The highest BCUT2D eigenvalue weighted by molar-refractivity contribution is 6.06. The van der Waals surface area contributed by atoms with Gasteiger partial charge in [-0.1, -0.05) is 37.3 Å². The number of rotatable bonds is 5. The molecule has 0 unspecified atom stereocenters. The van der Waals surface area contributed by atoms with Crippen molar-refractivity contribution >= 4 is 16.9 Å². The van der Waals surface area contributed by atoms with E-state index in [1.165, 1.54) is 24.8 Å². The Morgan fingerprint density at radius 3 is 2.67 bits per heavy atom. The number of fused-ring (bicyclic) bond motifs is 1. The third-order valence-electron chi connectivity index (χ3n) is 6.66. The summed E-state index contributed by atoms with van der Waals surface area (Å²) in [5.41, 5.74) is 4.80. The van der Waals surface area contributed by atoms with E-state index in [4.69, 9.17) is 10.1 Å². The molecule has 1 saturated heterocycles. The number of piperidine rings is 1. The Balaban J connectivity index is 1.61. The standard InChI is InChI=1S/C25H30N4O/c1-3-20-11-7-8-14-28(20)25(30)21-15-22(19-12-13-19)26-24-23(21)17(2)27-29(24)16-18-9-5-4-6-10-18/h4-6,9-10,15,19-20H,3,7-8,11-14,16H2,1-2H3/t20-/m1/s1. The van der Waals surface area contributed by atoms with Crippen molar-refractivity contribution in [1.29, 1.82) is 0 Å². The molecule has 0 radical (unpaired) electrons. The third-order valence-corrected chi connectivity index (χ3v) is 6.66. The molecule has 1 aliphatic heterocycles. The zero-order valence-electron chi connectivity index (χ0n) is 18.0. The highest BCUT2D eigenvalue weighted by Crippen LogP contribution is 2.41. The molecule has 5 heteroatoms. The van der Waals surface area contributed by atoms with Crippen LogP contribution < -0.4 is 0 Å². The van der Waals surface area contributed by atoms with Crippen LogP contribution in [0.4, 0.5) is 0 Å². The van der Waals surface area contributed by atoms with E-state index < -0.39 is 0 Å². The van der Waals surface area contributed by atoms with E-state index >= 15 is 0 Å². The summed E-state index contributed by atoms with van der Waals surface area (Å²) in [6.45, 7) is 5.72. The number of carbonyl (C=O) groups is 1. The van der Waals surface area contributed by atoms with E-state index in [1.54, 1.807) is 0 Å². The van der Waals surface area contributed by atoms with Gasteiger partial charge in [0.05, 0.1) is 23.2 Å². The lowest BCUT2D eigenvalue weighted by atomic mass is 9.97. The second kappa shape index (κ2) is 7.86. The van der Waals surface area contributed by atoms with Gasteiger partial charge < -0.3 is 4.90 Å². The molecule has 3 heterocycles. The summed E-state index contributed by atoms with van der Waals surface area (Å²) in [6.07, 6.45) is 6.77. The molecule has 1 saturated carbocycles. The number of benzene rings is 1. The van der Waals surface area contributed by atoms with Gasteiger partial charge in [0.1, 0.15) is 0 Å². The highest BCUT2D eigenvalue weighted by atomic mass is 16.2. The van der Waals surface area contributed by atoms with Gasteiger partial charge in [0.25, 0.3) is 5.91 Å². The molecule has 0 bridgehead atoms. The molecule has 2 aromatic heterocycles. The summed E-state index contributed by atoms with van der Waals surface area (Å²) in [6, 6.07) is 12.8. The quantitative estimate of drug-likeness (QED) is 0.599. The van der Waals surface area contributed by atoms with Gasteiger partial charge >= 0.3 is 0 Å². The molecule has 156 valence electrons. The van der Waals surface area contributed by atoms with E-state index in [-0.39, 0.29) is 5.91 Å². The monoisotopic (exact) mass is 402 g/mol. The number of aromatic nitrogens is 3. The molecule has 1 aliphatic carbocycles. The molecule has 30 heavy (non-hydrogen) atoms. The summed E-state index contributed by atoms with van der Waals surface area (Å²) < 4.78 is 1.98. The van der Waals surface area contributed by atoms with Gasteiger partial charge in [-0.05, 0) is 57.1 Å². The normalized spacial score (nSPS) is 19.4. The fourth-order valence-electron chi connectivity index (χ4n) is 4.84. The molecule has 1 aromatic carbocycles. The lowest BCUT2D eigenvalue weighted by Gasteiger charge is -2.35. The minimum absolute atomic E-state index is 0.165. The molecule has 0 spiro atoms. The van der Waals surface area contributed by atoms with Gasteiger partial charge in [0.2, 0.25) is 0 Å². The molecule has 1 atom stereocenters. The van der Waals surface area contributed by atoms with E-state index in [9.17, 15) is 4.79 Å². The topological polar surface area (TPSA) is 51.0 Å². The van der Waals surface area contributed by atoms with Crippen molar-refractivity contribution in [3.8, 4) is 0 Å². The van der Waals surface area contributed by atoms with Crippen LogP contribution in [0.2, 0.25) is 0 Å². The Bertz CT molecular complexity index is 1070. The number of likely N-dealkylation sites (tertiary alicyclic amines) is 1. The predicted molar refractivity (Wildman–Crippen MR) is 119 cm³/mol. The number of aryl methyl sites for hydroxylation is 1. The van der Waals surface area contributed by atoms with Gasteiger partial charge in [0, 0.05) is 24.2 Å².